The Kier molecular flexibility index (Phi) is 5.13. The van der Waals surface area contributed by atoms with Crippen LogP contribution in [0.15, 0.2) is 24.4 Å². The molecule has 2 aromatic heterocycles. The molecule has 0 spiro atoms. The molecule has 2 aliphatic rings. The van der Waals surface area contributed by atoms with Crippen LogP contribution in [0.2, 0.25) is 0 Å². The minimum absolute atomic E-state index is 0.531. The average molecular weight is 340 g/mol. The molecule has 0 radical (unpaired) electrons. The number of hydrogen-bond acceptors (Lipinski definition) is 4. The molecule has 5 nitrogen and oxygen atoms in total. The van der Waals surface area contributed by atoms with Gasteiger partial charge in [0.25, 0.3) is 0 Å². The SMILES string of the molecule is Cc1ccc(-c2cc(CN3CCOCC3)nn2C2CCCCC2)cn1. The van der Waals surface area contributed by atoms with Gasteiger partial charge in [-0.3, -0.25) is 14.6 Å². The van der Waals surface area contributed by atoms with E-state index in [2.05, 4.69) is 32.8 Å². The summed E-state index contributed by atoms with van der Waals surface area (Å²) in [4.78, 5) is 6.94. The summed E-state index contributed by atoms with van der Waals surface area (Å²) in [7, 11) is 0. The minimum Gasteiger partial charge on any atom is -0.379 e. The quantitative estimate of drug-likeness (QED) is 0.853. The number of hydrogen-bond donors (Lipinski definition) is 0. The van der Waals surface area contributed by atoms with Crippen molar-refractivity contribution in [3.63, 3.8) is 0 Å². The largest absolute Gasteiger partial charge is 0.379 e. The zero-order valence-corrected chi connectivity index (χ0v) is 15.2. The smallest absolute Gasteiger partial charge is 0.0771 e. The Morgan fingerprint density at radius 3 is 2.64 bits per heavy atom. The van der Waals surface area contributed by atoms with Crippen LogP contribution in [-0.2, 0) is 11.3 Å². The molecule has 0 atom stereocenters. The minimum atomic E-state index is 0.531. The van der Waals surface area contributed by atoms with Gasteiger partial charge in [-0.1, -0.05) is 19.3 Å². The predicted octanol–water partition coefficient (Wildman–Crippen LogP) is 3.59. The highest BCUT2D eigenvalue weighted by Crippen LogP contribution is 2.32. The third-order valence-corrected chi connectivity index (χ3v) is 5.40. The van der Waals surface area contributed by atoms with Crippen molar-refractivity contribution < 1.29 is 4.74 Å². The fourth-order valence-electron chi connectivity index (χ4n) is 3.95. The summed E-state index contributed by atoms with van der Waals surface area (Å²) in [5.41, 5.74) is 4.63. The highest BCUT2D eigenvalue weighted by molar-refractivity contribution is 5.59. The molecule has 2 aromatic rings. The maximum absolute atomic E-state index is 5.47. The highest BCUT2D eigenvalue weighted by Gasteiger charge is 2.22. The van der Waals surface area contributed by atoms with E-state index in [1.807, 2.05) is 13.1 Å². The van der Waals surface area contributed by atoms with Crippen LogP contribution in [0.4, 0.5) is 0 Å². The maximum atomic E-state index is 5.47. The van der Waals surface area contributed by atoms with Crippen LogP contribution in [0.5, 0.6) is 0 Å². The molecule has 1 saturated heterocycles. The van der Waals surface area contributed by atoms with Gasteiger partial charge in [0.2, 0.25) is 0 Å². The van der Waals surface area contributed by atoms with E-state index in [0.29, 0.717) is 6.04 Å². The van der Waals surface area contributed by atoms with Crippen LogP contribution in [-0.4, -0.2) is 46.0 Å². The molecule has 0 amide bonds. The van der Waals surface area contributed by atoms with E-state index in [0.717, 1.165) is 38.5 Å². The molecule has 2 fully saturated rings. The van der Waals surface area contributed by atoms with Crippen LogP contribution in [0.25, 0.3) is 11.3 Å². The molecule has 0 bridgehead atoms. The molecule has 0 aromatic carbocycles. The molecule has 1 aliphatic heterocycles. The Morgan fingerprint density at radius 2 is 1.92 bits per heavy atom. The van der Waals surface area contributed by atoms with Gasteiger partial charge in [0.15, 0.2) is 0 Å². The Balaban J connectivity index is 1.63. The van der Waals surface area contributed by atoms with Gasteiger partial charge in [-0.2, -0.15) is 5.10 Å². The van der Waals surface area contributed by atoms with Crippen molar-refractivity contribution in [3.8, 4) is 11.3 Å². The third-order valence-electron chi connectivity index (χ3n) is 5.40. The third kappa shape index (κ3) is 3.93. The lowest BCUT2D eigenvalue weighted by Gasteiger charge is -2.26. The lowest BCUT2D eigenvalue weighted by Crippen LogP contribution is -2.35. The van der Waals surface area contributed by atoms with Crippen molar-refractivity contribution >= 4 is 0 Å². The second-order valence-electron chi connectivity index (χ2n) is 7.33. The van der Waals surface area contributed by atoms with Gasteiger partial charge in [0, 0.05) is 37.1 Å². The number of ether oxygens (including phenoxy) is 1. The second kappa shape index (κ2) is 7.67. The highest BCUT2D eigenvalue weighted by atomic mass is 16.5. The predicted molar refractivity (Wildman–Crippen MR) is 98.4 cm³/mol. The van der Waals surface area contributed by atoms with Crippen LogP contribution in [0, 0.1) is 6.92 Å². The van der Waals surface area contributed by atoms with Gasteiger partial charge in [-0.15, -0.1) is 0 Å². The number of pyridine rings is 1. The number of rotatable bonds is 4. The van der Waals surface area contributed by atoms with Crippen molar-refractivity contribution in [2.75, 3.05) is 26.3 Å². The monoisotopic (exact) mass is 340 g/mol. The normalized spacial score (nSPS) is 20.0. The molecule has 0 unspecified atom stereocenters. The lowest BCUT2D eigenvalue weighted by molar-refractivity contribution is 0.0335. The zero-order chi connectivity index (χ0) is 17.1. The Labute approximate surface area is 150 Å². The van der Waals surface area contributed by atoms with Crippen molar-refractivity contribution in [2.45, 2.75) is 51.6 Å². The summed E-state index contributed by atoms with van der Waals surface area (Å²) in [5, 5.41) is 5.03. The first-order valence-corrected chi connectivity index (χ1v) is 9.61. The Bertz CT molecular complexity index is 682. The number of aryl methyl sites for hydroxylation is 1. The van der Waals surface area contributed by atoms with E-state index in [1.54, 1.807) is 0 Å². The summed E-state index contributed by atoms with van der Waals surface area (Å²) < 4.78 is 7.76. The Morgan fingerprint density at radius 1 is 1.12 bits per heavy atom. The van der Waals surface area contributed by atoms with E-state index >= 15 is 0 Å². The first-order chi connectivity index (χ1) is 12.3. The van der Waals surface area contributed by atoms with Crippen molar-refractivity contribution in [1.29, 1.82) is 0 Å². The molecule has 25 heavy (non-hydrogen) atoms. The lowest BCUT2D eigenvalue weighted by atomic mass is 9.95. The Hall–Kier alpha value is -1.72. The standard InChI is InChI=1S/C20H28N4O/c1-16-7-8-17(14-21-16)20-13-18(15-23-9-11-25-12-10-23)22-24(20)19-5-3-2-4-6-19/h7-8,13-14,19H,2-6,9-12,15H2,1H3. The molecule has 5 heteroatoms. The fraction of sp³-hybridized carbons (Fsp3) is 0.600. The molecule has 4 rings (SSSR count). The van der Waals surface area contributed by atoms with Gasteiger partial charge in [-0.25, -0.2) is 0 Å². The molecule has 3 heterocycles. The number of aromatic nitrogens is 3. The van der Waals surface area contributed by atoms with Gasteiger partial charge in [-0.05, 0) is 38.0 Å². The summed E-state index contributed by atoms with van der Waals surface area (Å²) in [6, 6.07) is 7.08. The van der Waals surface area contributed by atoms with Gasteiger partial charge in [0.1, 0.15) is 0 Å². The molecule has 1 aliphatic carbocycles. The summed E-state index contributed by atoms with van der Waals surface area (Å²) in [6.07, 6.45) is 8.46. The molecular formula is C20H28N4O. The zero-order valence-electron chi connectivity index (χ0n) is 15.2. The van der Waals surface area contributed by atoms with E-state index in [1.165, 1.54) is 49.1 Å². The molecular weight excluding hydrogens is 312 g/mol. The van der Waals surface area contributed by atoms with Crippen LogP contribution in [0.1, 0.15) is 49.5 Å². The van der Waals surface area contributed by atoms with E-state index in [-0.39, 0.29) is 0 Å². The molecule has 0 N–H and O–H groups in total. The first-order valence-electron chi connectivity index (χ1n) is 9.61. The second-order valence-corrected chi connectivity index (χ2v) is 7.33. The summed E-state index contributed by atoms with van der Waals surface area (Å²) in [5.74, 6) is 0. The van der Waals surface area contributed by atoms with Crippen LogP contribution >= 0.6 is 0 Å². The van der Waals surface area contributed by atoms with Crippen LogP contribution in [0.3, 0.4) is 0 Å². The van der Waals surface area contributed by atoms with Gasteiger partial charge in [0.05, 0.1) is 30.6 Å². The maximum Gasteiger partial charge on any atom is 0.0771 e. The summed E-state index contributed by atoms with van der Waals surface area (Å²) in [6.45, 7) is 6.60. The number of morpholine rings is 1. The van der Waals surface area contributed by atoms with E-state index < -0.39 is 0 Å². The number of nitrogens with zero attached hydrogens (tertiary/aromatic N) is 4. The molecule has 1 saturated carbocycles. The van der Waals surface area contributed by atoms with Crippen molar-refractivity contribution in [3.05, 3.63) is 35.8 Å². The van der Waals surface area contributed by atoms with Crippen molar-refractivity contribution in [2.24, 2.45) is 0 Å². The fourth-order valence-corrected chi connectivity index (χ4v) is 3.95. The van der Waals surface area contributed by atoms with Crippen LogP contribution < -0.4 is 0 Å². The van der Waals surface area contributed by atoms with Gasteiger partial charge >= 0.3 is 0 Å². The average Bonchev–Trinajstić information content (AvgIpc) is 3.08. The topological polar surface area (TPSA) is 43.2 Å². The van der Waals surface area contributed by atoms with Gasteiger partial charge < -0.3 is 4.74 Å². The van der Waals surface area contributed by atoms with E-state index in [9.17, 15) is 0 Å². The first kappa shape index (κ1) is 16.7. The summed E-state index contributed by atoms with van der Waals surface area (Å²) >= 11 is 0. The van der Waals surface area contributed by atoms with Crippen molar-refractivity contribution in [1.82, 2.24) is 19.7 Å². The van der Waals surface area contributed by atoms with E-state index in [4.69, 9.17) is 9.84 Å². The molecule has 134 valence electrons.